The summed E-state index contributed by atoms with van der Waals surface area (Å²) in [5.74, 6) is 0.835. The van der Waals surface area contributed by atoms with Gasteiger partial charge < -0.3 is 0 Å². The van der Waals surface area contributed by atoms with E-state index in [1.165, 1.54) is 0 Å². The van der Waals surface area contributed by atoms with Crippen molar-refractivity contribution in [2.24, 2.45) is 4.99 Å². The lowest BCUT2D eigenvalue weighted by Gasteiger charge is -2.00. The summed E-state index contributed by atoms with van der Waals surface area (Å²) in [5, 5.41) is 8.66. The van der Waals surface area contributed by atoms with E-state index in [1.807, 2.05) is 29.8 Å². The zero-order valence-electron chi connectivity index (χ0n) is 8.83. The number of rotatable bonds is 1. The minimum absolute atomic E-state index is 0.638. The average molecular weight is 210 g/mol. The SMILES string of the molecule is C/C(=N\c1ccc(C#N)cc1)n1ccnc1. The summed E-state index contributed by atoms with van der Waals surface area (Å²) in [6.45, 7) is 1.90. The molecule has 0 saturated heterocycles. The molecule has 0 bridgehead atoms. The number of hydrogen-bond donors (Lipinski definition) is 0. The van der Waals surface area contributed by atoms with Gasteiger partial charge in [0, 0.05) is 12.4 Å². The second-order valence-electron chi connectivity index (χ2n) is 3.29. The van der Waals surface area contributed by atoms with Gasteiger partial charge in [-0.3, -0.25) is 4.57 Å². The molecule has 0 fully saturated rings. The van der Waals surface area contributed by atoms with Gasteiger partial charge in [0.25, 0.3) is 0 Å². The van der Waals surface area contributed by atoms with Crippen molar-refractivity contribution in [2.75, 3.05) is 0 Å². The Hall–Kier alpha value is -2.41. The molecule has 0 aliphatic carbocycles. The standard InChI is InChI=1S/C12H10N4/c1-10(16-7-6-14-9-16)15-12-4-2-11(8-13)3-5-12/h2-7,9H,1H3/b15-10+. The maximum absolute atomic E-state index is 8.66. The summed E-state index contributed by atoms with van der Waals surface area (Å²) >= 11 is 0. The summed E-state index contributed by atoms with van der Waals surface area (Å²) in [4.78, 5) is 8.36. The molecule has 0 radical (unpaired) electrons. The molecule has 0 amide bonds. The number of nitrogens with zero attached hydrogens (tertiary/aromatic N) is 4. The quantitative estimate of drug-likeness (QED) is 0.536. The van der Waals surface area contributed by atoms with Crippen molar-refractivity contribution < 1.29 is 0 Å². The predicted molar refractivity (Wildman–Crippen MR) is 61.6 cm³/mol. The molecule has 0 aliphatic heterocycles. The van der Waals surface area contributed by atoms with Crippen LogP contribution in [-0.2, 0) is 0 Å². The number of nitriles is 1. The summed E-state index contributed by atoms with van der Waals surface area (Å²) < 4.78 is 1.83. The van der Waals surface area contributed by atoms with Crippen LogP contribution in [0.3, 0.4) is 0 Å². The Balaban J connectivity index is 2.26. The lowest BCUT2D eigenvalue weighted by molar-refractivity contribution is 1.11. The van der Waals surface area contributed by atoms with E-state index in [9.17, 15) is 0 Å². The first-order valence-corrected chi connectivity index (χ1v) is 4.83. The fraction of sp³-hybridized carbons (Fsp3) is 0.0833. The van der Waals surface area contributed by atoms with Crippen LogP contribution < -0.4 is 0 Å². The summed E-state index contributed by atoms with van der Waals surface area (Å²) in [6, 6.07) is 9.21. The molecule has 1 aromatic heterocycles. The third-order valence-electron chi connectivity index (χ3n) is 2.17. The van der Waals surface area contributed by atoms with Gasteiger partial charge in [-0.15, -0.1) is 0 Å². The summed E-state index contributed by atoms with van der Waals surface area (Å²) in [7, 11) is 0. The van der Waals surface area contributed by atoms with Crippen LogP contribution in [-0.4, -0.2) is 15.4 Å². The van der Waals surface area contributed by atoms with Crippen molar-refractivity contribution in [3.63, 3.8) is 0 Å². The average Bonchev–Trinajstić information content (AvgIpc) is 2.83. The first kappa shape index (κ1) is 10.1. The highest BCUT2D eigenvalue weighted by molar-refractivity contribution is 5.84. The van der Waals surface area contributed by atoms with Crippen molar-refractivity contribution in [3.05, 3.63) is 48.5 Å². The largest absolute Gasteiger partial charge is 0.294 e. The molecule has 4 heteroatoms. The van der Waals surface area contributed by atoms with Gasteiger partial charge in [-0.05, 0) is 31.2 Å². The molecule has 2 rings (SSSR count). The monoisotopic (exact) mass is 210 g/mol. The van der Waals surface area contributed by atoms with Gasteiger partial charge in [-0.1, -0.05) is 0 Å². The summed E-state index contributed by atoms with van der Waals surface area (Å²) in [6.07, 6.45) is 5.24. The van der Waals surface area contributed by atoms with Crippen molar-refractivity contribution in [2.45, 2.75) is 6.92 Å². The molecule has 0 unspecified atom stereocenters. The Labute approximate surface area is 93.5 Å². The maximum atomic E-state index is 8.66. The van der Waals surface area contributed by atoms with E-state index >= 15 is 0 Å². The van der Waals surface area contributed by atoms with Crippen LogP contribution in [0.1, 0.15) is 12.5 Å². The third-order valence-corrected chi connectivity index (χ3v) is 2.17. The third kappa shape index (κ3) is 2.15. The first-order chi connectivity index (χ1) is 7.79. The van der Waals surface area contributed by atoms with E-state index in [0.717, 1.165) is 11.5 Å². The molecule has 4 nitrogen and oxygen atoms in total. The van der Waals surface area contributed by atoms with E-state index < -0.39 is 0 Å². The maximum Gasteiger partial charge on any atom is 0.111 e. The number of aromatic nitrogens is 2. The molecule has 1 heterocycles. The molecule has 0 saturated carbocycles. The molecular formula is C12H10N4. The number of benzene rings is 1. The van der Waals surface area contributed by atoms with Crippen molar-refractivity contribution in [3.8, 4) is 6.07 Å². The first-order valence-electron chi connectivity index (χ1n) is 4.83. The van der Waals surface area contributed by atoms with Crippen LogP contribution in [0.2, 0.25) is 0 Å². The van der Waals surface area contributed by atoms with Crippen molar-refractivity contribution in [1.82, 2.24) is 9.55 Å². The molecule has 0 aliphatic rings. The van der Waals surface area contributed by atoms with E-state index in [4.69, 9.17) is 5.26 Å². The number of imidazole rings is 1. The van der Waals surface area contributed by atoms with Crippen LogP contribution in [0, 0.1) is 11.3 Å². The predicted octanol–water partition coefficient (Wildman–Crippen LogP) is 2.35. The van der Waals surface area contributed by atoms with E-state index in [0.29, 0.717) is 5.56 Å². The second-order valence-corrected chi connectivity index (χ2v) is 3.29. The van der Waals surface area contributed by atoms with Gasteiger partial charge >= 0.3 is 0 Å². The van der Waals surface area contributed by atoms with Gasteiger partial charge in [-0.2, -0.15) is 5.26 Å². The fourth-order valence-corrected chi connectivity index (χ4v) is 1.31. The fourth-order valence-electron chi connectivity index (χ4n) is 1.31. The minimum atomic E-state index is 0.638. The Morgan fingerprint density at radius 1 is 1.38 bits per heavy atom. The van der Waals surface area contributed by atoms with Crippen LogP contribution >= 0.6 is 0 Å². The summed E-state index contributed by atoms with van der Waals surface area (Å²) in [5.41, 5.74) is 1.46. The zero-order valence-corrected chi connectivity index (χ0v) is 8.83. The molecule has 16 heavy (non-hydrogen) atoms. The van der Waals surface area contributed by atoms with E-state index in [-0.39, 0.29) is 0 Å². The van der Waals surface area contributed by atoms with Crippen LogP contribution in [0.4, 0.5) is 5.69 Å². The van der Waals surface area contributed by atoms with E-state index in [2.05, 4.69) is 16.0 Å². The molecule has 0 spiro atoms. The van der Waals surface area contributed by atoms with Crippen LogP contribution in [0.15, 0.2) is 48.0 Å². The van der Waals surface area contributed by atoms with Gasteiger partial charge in [-0.25, -0.2) is 9.98 Å². The lowest BCUT2D eigenvalue weighted by atomic mass is 10.2. The van der Waals surface area contributed by atoms with Gasteiger partial charge in [0.1, 0.15) is 12.2 Å². The molecule has 0 N–H and O–H groups in total. The van der Waals surface area contributed by atoms with Crippen molar-refractivity contribution >= 4 is 11.5 Å². The van der Waals surface area contributed by atoms with Crippen molar-refractivity contribution in [1.29, 1.82) is 5.26 Å². The van der Waals surface area contributed by atoms with Crippen LogP contribution in [0.5, 0.6) is 0 Å². The molecule has 2 aromatic rings. The van der Waals surface area contributed by atoms with Gasteiger partial charge in [0.05, 0.1) is 17.3 Å². The number of hydrogen-bond acceptors (Lipinski definition) is 3. The molecule has 1 aromatic carbocycles. The Morgan fingerprint density at radius 2 is 2.12 bits per heavy atom. The normalized spacial score (nSPS) is 11.1. The van der Waals surface area contributed by atoms with Gasteiger partial charge in [0.15, 0.2) is 0 Å². The van der Waals surface area contributed by atoms with Crippen LogP contribution in [0.25, 0.3) is 0 Å². The second kappa shape index (κ2) is 4.41. The minimum Gasteiger partial charge on any atom is -0.294 e. The highest BCUT2D eigenvalue weighted by Gasteiger charge is 1.95. The lowest BCUT2D eigenvalue weighted by Crippen LogP contribution is -2.03. The smallest absolute Gasteiger partial charge is 0.111 e. The van der Waals surface area contributed by atoms with E-state index in [1.54, 1.807) is 24.7 Å². The molecular weight excluding hydrogens is 200 g/mol. The Kier molecular flexibility index (Phi) is 2.79. The highest BCUT2D eigenvalue weighted by atomic mass is 15.1. The molecule has 0 atom stereocenters. The Morgan fingerprint density at radius 3 is 2.69 bits per heavy atom. The zero-order chi connectivity index (χ0) is 11.4. The topological polar surface area (TPSA) is 54.0 Å². The molecule has 78 valence electrons. The van der Waals surface area contributed by atoms with Gasteiger partial charge in [0.2, 0.25) is 0 Å². The highest BCUT2D eigenvalue weighted by Crippen LogP contribution is 2.13. The number of aliphatic imine (C=N–C) groups is 1. The Bertz CT molecular complexity index is 529.